The Kier molecular flexibility index (Phi) is 2.94. The summed E-state index contributed by atoms with van der Waals surface area (Å²) in [6.07, 6.45) is 6.45. The third kappa shape index (κ3) is 2.39. The highest BCUT2D eigenvalue weighted by atomic mass is 16.5. The van der Waals surface area contributed by atoms with Crippen LogP contribution < -0.4 is 5.32 Å². The first kappa shape index (κ1) is 11.3. The molecule has 1 unspecified atom stereocenters. The van der Waals surface area contributed by atoms with Gasteiger partial charge in [0.15, 0.2) is 7.98 Å². The van der Waals surface area contributed by atoms with E-state index in [1.165, 1.54) is 0 Å². The van der Waals surface area contributed by atoms with Gasteiger partial charge in [0.25, 0.3) is 0 Å². The second kappa shape index (κ2) is 4.44. The highest BCUT2D eigenvalue weighted by molar-refractivity contribution is 6.04. The number of aromatic amines is 1. The summed E-state index contributed by atoms with van der Waals surface area (Å²) in [6, 6.07) is 0.375. The van der Waals surface area contributed by atoms with Crippen molar-refractivity contribution in [3.8, 4) is 0 Å². The van der Waals surface area contributed by atoms with Crippen LogP contribution in [0.3, 0.4) is 0 Å². The van der Waals surface area contributed by atoms with E-state index in [0.717, 1.165) is 44.7 Å². The molecule has 0 bridgehead atoms. The Bertz CT molecular complexity index is 362. The molecule has 2 aliphatic rings. The van der Waals surface area contributed by atoms with Gasteiger partial charge in [0.05, 0.1) is 12.9 Å². The largest absolute Gasteiger partial charge is 0.359 e. The molecule has 2 fully saturated rings. The Balaban J connectivity index is 1.58. The summed E-state index contributed by atoms with van der Waals surface area (Å²) in [4.78, 5) is 9.02. The first-order valence-electron chi connectivity index (χ1n) is 6.14. The van der Waals surface area contributed by atoms with E-state index in [1.807, 2.05) is 11.0 Å². The van der Waals surface area contributed by atoms with Crippen molar-refractivity contribution in [2.45, 2.75) is 31.0 Å². The molecule has 0 aromatic carbocycles. The number of ether oxygens (including phenoxy) is 1. The summed E-state index contributed by atoms with van der Waals surface area (Å²) >= 11 is 0. The third-order valence-corrected chi connectivity index (χ3v) is 3.65. The number of imidazole rings is 1. The van der Waals surface area contributed by atoms with Gasteiger partial charge in [0.1, 0.15) is 5.72 Å². The number of H-pyrrole nitrogens is 1. The summed E-state index contributed by atoms with van der Waals surface area (Å²) in [5.74, 6) is 0. The van der Waals surface area contributed by atoms with Crippen molar-refractivity contribution in [2.75, 3.05) is 19.7 Å². The van der Waals surface area contributed by atoms with Crippen LogP contribution in [0, 0.1) is 0 Å². The van der Waals surface area contributed by atoms with Gasteiger partial charge in [0, 0.05) is 37.2 Å². The van der Waals surface area contributed by atoms with E-state index in [4.69, 9.17) is 12.7 Å². The predicted molar refractivity (Wildman–Crippen MR) is 64.5 cm³/mol. The lowest BCUT2D eigenvalue weighted by Gasteiger charge is -2.37. The maximum absolute atomic E-state index is 5.96. The zero-order chi connectivity index (χ0) is 11.7. The average molecular weight is 232 g/mol. The van der Waals surface area contributed by atoms with E-state index >= 15 is 0 Å². The van der Waals surface area contributed by atoms with Crippen LogP contribution in [0.15, 0.2) is 12.5 Å². The lowest BCUT2D eigenvalue weighted by atomic mass is 9.98. The number of nitrogens with zero attached hydrogens (tertiary/aromatic N) is 2. The molecule has 3 rings (SSSR count). The van der Waals surface area contributed by atoms with Crippen LogP contribution in [0.2, 0.25) is 0 Å². The van der Waals surface area contributed by atoms with Gasteiger partial charge in [-0.15, -0.1) is 0 Å². The second-order valence-electron chi connectivity index (χ2n) is 4.96. The smallest absolute Gasteiger partial charge is 0.182 e. The highest BCUT2D eigenvalue weighted by Gasteiger charge is 2.41. The van der Waals surface area contributed by atoms with Gasteiger partial charge in [-0.25, -0.2) is 4.98 Å². The first-order valence-corrected chi connectivity index (χ1v) is 6.14. The zero-order valence-electron chi connectivity index (χ0n) is 9.85. The fraction of sp³-hybridized carbons (Fsp3) is 0.727. The van der Waals surface area contributed by atoms with Crippen molar-refractivity contribution in [2.24, 2.45) is 0 Å². The van der Waals surface area contributed by atoms with E-state index in [-0.39, 0.29) is 5.72 Å². The van der Waals surface area contributed by atoms with Gasteiger partial charge in [0.2, 0.25) is 0 Å². The summed E-state index contributed by atoms with van der Waals surface area (Å²) < 4.78 is 5.96. The van der Waals surface area contributed by atoms with E-state index < -0.39 is 0 Å². The normalized spacial score (nSPS) is 28.8. The number of nitrogens with one attached hydrogen (secondary N) is 2. The van der Waals surface area contributed by atoms with Crippen molar-refractivity contribution < 1.29 is 4.74 Å². The molecule has 1 spiro atoms. The molecule has 1 aromatic heterocycles. The summed E-state index contributed by atoms with van der Waals surface area (Å²) in [5.41, 5.74) is 1.01. The third-order valence-electron chi connectivity index (χ3n) is 3.65. The van der Waals surface area contributed by atoms with E-state index in [0.29, 0.717) is 6.04 Å². The monoisotopic (exact) mass is 232 g/mol. The second-order valence-corrected chi connectivity index (χ2v) is 4.96. The molecular formula is C11H17BN4O. The minimum atomic E-state index is -0.138. The molecule has 2 aliphatic heterocycles. The van der Waals surface area contributed by atoms with Crippen LogP contribution in [0.5, 0.6) is 0 Å². The molecule has 0 aliphatic carbocycles. The molecular weight excluding hydrogens is 215 g/mol. The lowest BCUT2D eigenvalue weighted by molar-refractivity contribution is -0.0446. The topological polar surface area (TPSA) is 53.2 Å². The molecule has 0 amide bonds. The molecule has 6 heteroatoms. The highest BCUT2D eigenvalue weighted by Crippen LogP contribution is 2.28. The van der Waals surface area contributed by atoms with Crippen LogP contribution in [0.4, 0.5) is 0 Å². The van der Waals surface area contributed by atoms with Crippen molar-refractivity contribution in [3.05, 3.63) is 18.2 Å². The number of hydrogen-bond donors (Lipinski definition) is 2. The van der Waals surface area contributed by atoms with Gasteiger partial charge in [-0.3, -0.25) is 5.32 Å². The minimum Gasteiger partial charge on any atom is -0.359 e. The summed E-state index contributed by atoms with van der Waals surface area (Å²) in [5, 5.41) is 3.61. The Hall–Kier alpha value is -0.845. The molecule has 2 radical (unpaired) electrons. The molecule has 1 atom stereocenters. The first-order chi connectivity index (χ1) is 8.26. The molecule has 90 valence electrons. The van der Waals surface area contributed by atoms with E-state index in [9.17, 15) is 0 Å². The standard InChI is InChI=1S/C11H17BN4O/c12-16-3-1-11(2-4-16)15-10(7-17-11)5-9-6-13-8-14-9/h6,8,10,15H,1-5,7H2,(H,13,14). The molecule has 2 N–H and O–H groups in total. The van der Waals surface area contributed by atoms with Crippen LogP contribution >= 0.6 is 0 Å². The lowest BCUT2D eigenvalue weighted by Crippen LogP contribution is -2.52. The molecule has 1 aromatic rings. The minimum absolute atomic E-state index is 0.138. The number of aromatic nitrogens is 2. The molecule has 3 heterocycles. The molecule has 5 nitrogen and oxygen atoms in total. The van der Waals surface area contributed by atoms with Gasteiger partial charge < -0.3 is 14.5 Å². The van der Waals surface area contributed by atoms with E-state index in [1.54, 1.807) is 6.33 Å². The molecule has 2 saturated heterocycles. The number of hydrogen-bond acceptors (Lipinski definition) is 4. The van der Waals surface area contributed by atoms with Gasteiger partial charge in [-0.2, -0.15) is 0 Å². The Morgan fingerprint density at radius 2 is 2.35 bits per heavy atom. The van der Waals surface area contributed by atoms with E-state index in [2.05, 4.69) is 15.3 Å². The quantitative estimate of drug-likeness (QED) is 0.694. The summed E-state index contributed by atoms with van der Waals surface area (Å²) in [6.45, 7) is 2.55. The zero-order valence-corrected chi connectivity index (χ0v) is 9.85. The van der Waals surface area contributed by atoms with Crippen molar-refractivity contribution in [1.29, 1.82) is 0 Å². The summed E-state index contributed by atoms with van der Waals surface area (Å²) in [7, 11) is 5.77. The Morgan fingerprint density at radius 3 is 3.06 bits per heavy atom. The van der Waals surface area contributed by atoms with Crippen molar-refractivity contribution in [1.82, 2.24) is 20.1 Å². The van der Waals surface area contributed by atoms with Gasteiger partial charge in [-0.1, -0.05) is 0 Å². The fourth-order valence-electron chi connectivity index (χ4n) is 2.66. The van der Waals surface area contributed by atoms with Crippen molar-refractivity contribution in [3.63, 3.8) is 0 Å². The molecule has 0 saturated carbocycles. The fourth-order valence-corrected chi connectivity index (χ4v) is 2.66. The van der Waals surface area contributed by atoms with Crippen molar-refractivity contribution >= 4 is 7.98 Å². The van der Waals surface area contributed by atoms with Crippen LogP contribution in [0.25, 0.3) is 0 Å². The average Bonchev–Trinajstić information content (AvgIpc) is 2.95. The number of rotatable bonds is 2. The van der Waals surface area contributed by atoms with Gasteiger partial charge in [-0.05, 0) is 13.1 Å². The maximum Gasteiger partial charge on any atom is 0.182 e. The maximum atomic E-state index is 5.96. The van der Waals surface area contributed by atoms with Crippen LogP contribution in [-0.4, -0.2) is 54.2 Å². The Labute approximate surface area is 102 Å². The predicted octanol–water partition coefficient (Wildman–Crippen LogP) is -0.184. The van der Waals surface area contributed by atoms with Crippen LogP contribution in [0.1, 0.15) is 18.5 Å². The van der Waals surface area contributed by atoms with Gasteiger partial charge >= 0.3 is 0 Å². The Morgan fingerprint density at radius 1 is 1.53 bits per heavy atom. The number of piperidine rings is 1. The SMILES string of the molecule is [B]N1CCC2(CC1)NC(Cc1cnc[nH]1)CO2. The molecule has 17 heavy (non-hydrogen) atoms. The van der Waals surface area contributed by atoms with Crippen LogP contribution in [-0.2, 0) is 11.2 Å².